The molecule has 4 nitrogen and oxygen atoms in total. The monoisotopic (exact) mass is 284 g/mol. The number of rotatable bonds is 10. The lowest BCUT2D eigenvalue weighted by molar-refractivity contribution is -0.170. The molecular formula is C16H28O4. The van der Waals surface area contributed by atoms with Crippen LogP contribution in [0.3, 0.4) is 0 Å². The second kappa shape index (κ2) is 11.5. The van der Waals surface area contributed by atoms with Crippen molar-refractivity contribution in [2.75, 3.05) is 6.61 Å². The molecule has 0 rings (SSSR count). The van der Waals surface area contributed by atoms with Crippen molar-refractivity contribution >= 4 is 11.9 Å². The molecule has 0 bridgehead atoms. The Bertz CT molecular complexity index is 308. The van der Waals surface area contributed by atoms with Crippen LogP contribution in [0.2, 0.25) is 0 Å². The third kappa shape index (κ3) is 8.73. The first-order valence-corrected chi connectivity index (χ1v) is 7.54. The molecule has 116 valence electrons. The van der Waals surface area contributed by atoms with Gasteiger partial charge in [0.2, 0.25) is 6.10 Å². The van der Waals surface area contributed by atoms with Crippen LogP contribution in [-0.2, 0) is 19.1 Å². The summed E-state index contributed by atoms with van der Waals surface area (Å²) >= 11 is 0. The zero-order chi connectivity index (χ0) is 15.4. The van der Waals surface area contributed by atoms with Gasteiger partial charge >= 0.3 is 11.9 Å². The second-order valence-electron chi connectivity index (χ2n) is 5.06. The Labute approximate surface area is 122 Å². The molecule has 0 saturated carbocycles. The largest absolute Gasteiger partial charge is 0.463 e. The van der Waals surface area contributed by atoms with Crippen LogP contribution in [0, 0.1) is 5.92 Å². The molecule has 0 aromatic carbocycles. The predicted octanol–water partition coefficient (Wildman–Crippen LogP) is 3.64. The van der Waals surface area contributed by atoms with E-state index >= 15 is 0 Å². The smallest absolute Gasteiger partial charge is 0.347 e. The molecule has 1 atom stereocenters. The van der Waals surface area contributed by atoms with E-state index in [1.54, 1.807) is 6.92 Å². The predicted molar refractivity (Wildman–Crippen MR) is 79.3 cm³/mol. The average molecular weight is 284 g/mol. The zero-order valence-corrected chi connectivity index (χ0v) is 13.2. The van der Waals surface area contributed by atoms with Crippen molar-refractivity contribution in [3.63, 3.8) is 0 Å². The third-order valence-electron chi connectivity index (χ3n) is 2.76. The fourth-order valence-corrected chi connectivity index (χ4v) is 1.65. The summed E-state index contributed by atoms with van der Waals surface area (Å²) in [5.41, 5.74) is 0. The highest BCUT2D eigenvalue weighted by atomic mass is 16.6. The number of allylic oxidation sites excluding steroid dienone is 2. The molecular weight excluding hydrogens is 256 g/mol. The van der Waals surface area contributed by atoms with Gasteiger partial charge in [0, 0.05) is 12.3 Å². The number of esters is 2. The molecule has 0 heterocycles. The van der Waals surface area contributed by atoms with E-state index in [0.29, 0.717) is 13.0 Å². The Morgan fingerprint density at radius 2 is 1.75 bits per heavy atom. The van der Waals surface area contributed by atoms with E-state index in [4.69, 9.17) is 9.47 Å². The van der Waals surface area contributed by atoms with Gasteiger partial charge in [0.15, 0.2) is 0 Å². The summed E-state index contributed by atoms with van der Waals surface area (Å²) in [5, 5.41) is 0. The van der Waals surface area contributed by atoms with E-state index in [1.807, 2.05) is 13.8 Å². The summed E-state index contributed by atoms with van der Waals surface area (Å²) < 4.78 is 10.1. The Morgan fingerprint density at radius 1 is 1.10 bits per heavy atom. The molecule has 0 aromatic heterocycles. The molecule has 0 saturated heterocycles. The Balaban J connectivity index is 4.05. The molecule has 0 amide bonds. The molecule has 0 aliphatic heterocycles. The van der Waals surface area contributed by atoms with Crippen molar-refractivity contribution < 1.29 is 19.1 Å². The molecule has 0 spiro atoms. The van der Waals surface area contributed by atoms with Crippen molar-refractivity contribution in [3.05, 3.63) is 12.2 Å². The first-order chi connectivity index (χ1) is 9.52. The molecule has 4 heteroatoms. The van der Waals surface area contributed by atoms with E-state index in [0.717, 1.165) is 25.7 Å². The lowest BCUT2D eigenvalue weighted by Crippen LogP contribution is -2.33. The standard InChI is InChI=1S/C16H28O4/c1-5-7-8-9-10-11-12-14(17)20-15(13(3)4)16(18)19-6-2/h8-9,13,15H,5-7,10-12H2,1-4H3/b9-8-. The topological polar surface area (TPSA) is 52.6 Å². The minimum Gasteiger partial charge on any atom is -0.463 e. The van der Waals surface area contributed by atoms with Crippen molar-refractivity contribution in [1.82, 2.24) is 0 Å². The van der Waals surface area contributed by atoms with Gasteiger partial charge in [0.1, 0.15) is 0 Å². The molecule has 0 fully saturated rings. The Hall–Kier alpha value is -1.32. The highest BCUT2D eigenvalue weighted by Crippen LogP contribution is 2.11. The number of ether oxygens (including phenoxy) is 2. The number of carbonyl (C=O) groups excluding carboxylic acids is 2. The molecule has 0 radical (unpaired) electrons. The van der Waals surface area contributed by atoms with Crippen LogP contribution >= 0.6 is 0 Å². The number of unbranched alkanes of at least 4 members (excludes halogenated alkanes) is 2. The normalized spacial score (nSPS) is 12.7. The number of hydrogen-bond donors (Lipinski definition) is 0. The maximum absolute atomic E-state index is 11.7. The van der Waals surface area contributed by atoms with Gasteiger partial charge in [-0.25, -0.2) is 4.79 Å². The number of carbonyl (C=O) groups is 2. The first kappa shape index (κ1) is 18.7. The Morgan fingerprint density at radius 3 is 2.30 bits per heavy atom. The van der Waals surface area contributed by atoms with E-state index in [2.05, 4.69) is 19.1 Å². The molecule has 20 heavy (non-hydrogen) atoms. The van der Waals surface area contributed by atoms with Crippen LogP contribution in [0.25, 0.3) is 0 Å². The van der Waals surface area contributed by atoms with Crippen molar-refractivity contribution in [2.45, 2.75) is 65.9 Å². The van der Waals surface area contributed by atoms with Crippen LogP contribution < -0.4 is 0 Å². The molecule has 0 aliphatic rings. The van der Waals surface area contributed by atoms with E-state index in [9.17, 15) is 9.59 Å². The van der Waals surface area contributed by atoms with Crippen molar-refractivity contribution in [3.8, 4) is 0 Å². The SMILES string of the molecule is CCC/C=C\CCCC(=O)OC(C(=O)OCC)C(C)C. The summed E-state index contributed by atoms with van der Waals surface area (Å²) in [5.74, 6) is -0.873. The first-order valence-electron chi connectivity index (χ1n) is 7.54. The highest BCUT2D eigenvalue weighted by Gasteiger charge is 2.27. The lowest BCUT2D eigenvalue weighted by atomic mass is 10.1. The fourth-order valence-electron chi connectivity index (χ4n) is 1.65. The van der Waals surface area contributed by atoms with Gasteiger partial charge in [0.05, 0.1) is 6.61 Å². The minimum absolute atomic E-state index is 0.0811. The van der Waals surface area contributed by atoms with Crippen LogP contribution in [0.5, 0.6) is 0 Å². The van der Waals surface area contributed by atoms with E-state index < -0.39 is 12.1 Å². The maximum Gasteiger partial charge on any atom is 0.347 e. The van der Waals surface area contributed by atoms with Crippen LogP contribution in [-0.4, -0.2) is 24.6 Å². The highest BCUT2D eigenvalue weighted by molar-refractivity contribution is 5.79. The fraction of sp³-hybridized carbons (Fsp3) is 0.750. The minimum atomic E-state index is -0.793. The Kier molecular flexibility index (Phi) is 10.7. The van der Waals surface area contributed by atoms with Gasteiger partial charge in [-0.3, -0.25) is 4.79 Å². The number of hydrogen-bond acceptors (Lipinski definition) is 4. The molecule has 0 N–H and O–H groups in total. The molecule has 0 aliphatic carbocycles. The van der Waals surface area contributed by atoms with Crippen molar-refractivity contribution in [1.29, 1.82) is 0 Å². The molecule has 1 unspecified atom stereocenters. The molecule has 0 aromatic rings. The van der Waals surface area contributed by atoms with E-state index in [-0.39, 0.29) is 11.9 Å². The van der Waals surface area contributed by atoms with Gasteiger partial charge in [-0.1, -0.05) is 39.3 Å². The average Bonchev–Trinajstić information content (AvgIpc) is 2.39. The van der Waals surface area contributed by atoms with Crippen molar-refractivity contribution in [2.24, 2.45) is 5.92 Å². The third-order valence-corrected chi connectivity index (χ3v) is 2.76. The van der Waals surface area contributed by atoms with E-state index in [1.165, 1.54) is 0 Å². The maximum atomic E-state index is 11.7. The van der Waals surface area contributed by atoms with Gasteiger partial charge in [-0.15, -0.1) is 0 Å². The quantitative estimate of drug-likeness (QED) is 0.349. The van der Waals surface area contributed by atoms with Crippen LogP contribution in [0.15, 0.2) is 12.2 Å². The summed E-state index contributed by atoms with van der Waals surface area (Å²) in [6.07, 6.45) is 7.56. The van der Waals surface area contributed by atoms with Gasteiger partial charge < -0.3 is 9.47 Å². The summed E-state index contributed by atoms with van der Waals surface area (Å²) in [6, 6.07) is 0. The lowest BCUT2D eigenvalue weighted by Gasteiger charge is -2.19. The summed E-state index contributed by atoms with van der Waals surface area (Å²) in [6.45, 7) is 7.83. The summed E-state index contributed by atoms with van der Waals surface area (Å²) in [7, 11) is 0. The zero-order valence-electron chi connectivity index (χ0n) is 13.2. The van der Waals surface area contributed by atoms with Gasteiger partial charge in [-0.05, 0) is 26.2 Å². The van der Waals surface area contributed by atoms with Gasteiger partial charge in [0.25, 0.3) is 0 Å². The second-order valence-corrected chi connectivity index (χ2v) is 5.06. The van der Waals surface area contributed by atoms with Crippen LogP contribution in [0.4, 0.5) is 0 Å². The van der Waals surface area contributed by atoms with Crippen LogP contribution in [0.1, 0.15) is 59.8 Å². The summed E-state index contributed by atoms with van der Waals surface area (Å²) in [4.78, 5) is 23.4. The van der Waals surface area contributed by atoms with Gasteiger partial charge in [-0.2, -0.15) is 0 Å².